The zero-order valence-corrected chi connectivity index (χ0v) is 20.2. The van der Waals surface area contributed by atoms with Gasteiger partial charge in [0.25, 0.3) is 5.56 Å². The molecule has 2 N–H and O–H groups in total. The number of likely N-dealkylation sites (tertiary alicyclic amines) is 1. The standard InChI is InChI=1S/C26H30N4O3S/c1-33-21-5-3-19-4-7-26(32)30(23(19)15-21)13-12-29-10-8-20(9-11-29)27-16-18-2-6-24-22(14-18)28-25(31)17-34-24/h2-7,14-15,20,27H,8-13,16-17H2,1H3,(H,28,31). The van der Waals surface area contributed by atoms with Crippen molar-refractivity contribution in [3.05, 3.63) is 64.4 Å². The van der Waals surface area contributed by atoms with E-state index in [1.54, 1.807) is 24.9 Å². The van der Waals surface area contributed by atoms with Crippen molar-refractivity contribution >= 4 is 34.3 Å². The Morgan fingerprint density at radius 3 is 2.71 bits per heavy atom. The molecule has 3 heterocycles. The van der Waals surface area contributed by atoms with Gasteiger partial charge in [-0.05, 0) is 67.2 Å². The van der Waals surface area contributed by atoms with E-state index in [-0.39, 0.29) is 11.5 Å². The van der Waals surface area contributed by atoms with E-state index < -0.39 is 0 Å². The Labute approximate surface area is 203 Å². The molecule has 2 aromatic carbocycles. The van der Waals surface area contributed by atoms with Gasteiger partial charge < -0.3 is 24.8 Å². The second-order valence-corrected chi connectivity index (χ2v) is 9.93. The maximum absolute atomic E-state index is 12.6. The second-order valence-electron chi connectivity index (χ2n) is 8.91. The molecule has 0 atom stereocenters. The quantitative estimate of drug-likeness (QED) is 0.543. The van der Waals surface area contributed by atoms with Gasteiger partial charge in [0.1, 0.15) is 5.75 Å². The fourth-order valence-corrected chi connectivity index (χ4v) is 5.52. The van der Waals surface area contributed by atoms with Gasteiger partial charge in [0, 0.05) is 42.7 Å². The molecule has 0 radical (unpaired) electrons. The summed E-state index contributed by atoms with van der Waals surface area (Å²) in [6, 6.07) is 16.2. The smallest absolute Gasteiger partial charge is 0.251 e. The van der Waals surface area contributed by atoms with Gasteiger partial charge in [0.15, 0.2) is 0 Å². The number of rotatable bonds is 7. The highest BCUT2D eigenvalue weighted by atomic mass is 32.2. The van der Waals surface area contributed by atoms with Crippen LogP contribution < -0.4 is 20.9 Å². The van der Waals surface area contributed by atoms with Crippen LogP contribution in [0.15, 0.2) is 58.2 Å². The zero-order valence-electron chi connectivity index (χ0n) is 19.4. The number of carbonyl (C=O) groups excluding carboxylic acids is 1. The minimum atomic E-state index is 0.0249. The molecule has 5 rings (SSSR count). The molecule has 0 spiro atoms. The van der Waals surface area contributed by atoms with Crippen LogP contribution in [0.5, 0.6) is 5.75 Å². The minimum Gasteiger partial charge on any atom is -0.497 e. The Morgan fingerprint density at radius 1 is 1.06 bits per heavy atom. The van der Waals surface area contributed by atoms with E-state index in [0.29, 0.717) is 18.3 Å². The minimum absolute atomic E-state index is 0.0249. The number of nitrogens with zero attached hydrogens (tertiary/aromatic N) is 2. The Kier molecular flexibility index (Phi) is 6.89. The molecular weight excluding hydrogens is 448 g/mol. The van der Waals surface area contributed by atoms with E-state index in [1.165, 1.54) is 5.56 Å². The van der Waals surface area contributed by atoms with Crippen LogP contribution in [0.4, 0.5) is 5.69 Å². The number of fused-ring (bicyclic) bond motifs is 2. The van der Waals surface area contributed by atoms with Gasteiger partial charge in [-0.2, -0.15) is 0 Å². The van der Waals surface area contributed by atoms with Crippen LogP contribution in [0.1, 0.15) is 18.4 Å². The first-order chi connectivity index (χ1) is 16.6. The molecule has 0 saturated carbocycles. The molecule has 1 fully saturated rings. The zero-order chi connectivity index (χ0) is 23.5. The third kappa shape index (κ3) is 5.14. The Hall–Kier alpha value is -2.81. The first-order valence-corrected chi connectivity index (χ1v) is 12.8. The molecule has 3 aromatic rings. The number of pyridine rings is 1. The van der Waals surface area contributed by atoms with Crippen molar-refractivity contribution in [3.63, 3.8) is 0 Å². The molecule has 178 valence electrons. The number of nitrogens with one attached hydrogen (secondary N) is 2. The van der Waals surface area contributed by atoms with Crippen molar-refractivity contribution in [2.75, 3.05) is 37.8 Å². The summed E-state index contributed by atoms with van der Waals surface area (Å²) in [5, 5.41) is 7.69. The first kappa shape index (κ1) is 23.0. The van der Waals surface area contributed by atoms with Gasteiger partial charge in [-0.15, -0.1) is 11.8 Å². The van der Waals surface area contributed by atoms with Crippen LogP contribution >= 0.6 is 11.8 Å². The highest BCUT2D eigenvalue weighted by Gasteiger charge is 2.20. The molecule has 7 nitrogen and oxygen atoms in total. The molecule has 8 heteroatoms. The van der Waals surface area contributed by atoms with Crippen molar-refractivity contribution in [2.45, 2.75) is 36.9 Å². The highest BCUT2D eigenvalue weighted by Crippen LogP contribution is 2.32. The van der Waals surface area contributed by atoms with E-state index >= 15 is 0 Å². The van der Waals surface area contributed by atoms with Gasteiger partial charge in [0.2, 0.25) is 5.91 Å². The van der Waals surface area contributed by atoms with Crippen LogP contribution in [0, 0.1) is 0 Å². The predicted octanol–water partition coefficient (Wildman–Crippen LogP) is 3.31. The number of hydrogen-bond donors (Lipinski definition) is 2. The maximum atomic E-state index is 12.6. The Morgan fingerprint density at radius 2 is 1.88 bits per heavy atom. The van der Waals surface area contributed by atoms with Crippen LogP contribution in [-0.4, -0.2) is 53.9 Å². The number of benzene rings is 2. The summed E-state index contributed by atoms with van der Waals surface area (Å²) >= 11 is 1.59. The molecular formula is C26H30N4O3S. The highest BCUT2D eigenvalue weighted by molar-refractivity contribution is 8.00. The van der Waals surface area contributed by atoms with E-state index in [4.69, 9.17) is 4.74 Å². The molecule has 1 saturated heterocycles. The van der Waals surface area contributed by atoms with Crippen LogP contribution in [0.2, 0.25) is 0 Å². The Bertz CT molecular complexity index is 1250. The first-order valence-electron chi connectivity index (χ1n) is 11.8. The number of carbonyl (C=O) groups is 1. The third-order valence-corrected chi connectivity index (χ3v) is 7.77. The van der Waals surface area contributed by atoms with Crippen molar-refractivity contribution < 1.29 is 9.53 Å². The fourth-order valence-electron chi connectivity index (χ4n) is 4.73. The summed E-state index contributed by atoms with van der Waals surface area (Å²) in [5.74, 6) is 1.32. The summed E-state index contributed by atoms with van der Waals surface area (Å²) in [7, 11) is 1.65. The average Bonchev–Trinajstić information content (AvgIpc) is 2.87. The number of thioether (sulfide) groups is 1. The summed E-state index contributed by atoms with van der Waals surface area (Å²) in [6.45, 7) is 4.34. The lowest BCUT2D eigenvalue weighted by atomic mass is 10.0. The molecule has 1 amide bonds. The van der Waals surface area contributed by atoms with Gasteiger partial charge in [-0.3, -0.25) is 9.59 Å². The normalized spacial score (nSPS) is 16.9. The number of hydrogen-bond acceptors (Lipinski definition) is 6. The van der Waals surface area contributed by atoms with Crippen LogP contribution in [-0.2, 0) is 17.9 Å². The van der Waals surface area contributed by atoms with Crippen LogP contribution in [0.25, 0.3) is 10.9 Å². The number of amides is 1. The Balaban J connectivity index is 1.13. The molecule has 34 heavy (non-hydrogen) atoms. The van der Waals surface area contributed by atoms with E-state index in [9.17, 15) is 9.59 Å². The molecule has 0 aliphatic carbocycles. The van der Waals surface area contributed by atoms with E-state index in [1.807, 2.05) is 28.8 Å². The van der Waals surface area contributed by atoms with E-state index in [0.717, 1.165) is 66.3 Å². The van der Waals surface area contributed by atoms with Crippen LogP contribution in [0.3, 0.4) is 0 Å². The number of anilines is 1. The lowest BCUT2D eigenvalue weighted by Gasteiger charge is -2.32. The third-order valence-electron chi connectivity index (χ3n) is 6.70. The summed E-state index contributed by atoms with van der Waals surface area (Å²) in [4.78, 5) is 27.8. The van der Waals surface area contributed by atoms with Gasteiger partial charge >= 0.3 is 0 Å². The number of piperidine rings is 1. The second kappa shape index (κ2) is 10.2. The molecule has 0 bridgehead atoms. The van der Waals surface area contributed by atoms with Gasteiger partial charge in [-0.1, -0.05) is 6.07 Å². The predicted molar refractivity (Wildman–Crippen MR) is 137 cm³/mol. The van der Waals surface area contributed by atoms with Gasteiger partial charge in [-0.25, -0.2) is 0 Å². The summed E-state index contributed by atoms with van der Waals surface area (Å²) in [6.07, 6.45) is 2.16. The lowest BCUT2D eigenvalue weighted by Crippen LogP contribution is -2.43. The summed E-state index contributed by atoms with van der Waals surface area (Å²) in [5.41, 5.74) is 3.06. The van der Waals surface area contributed by atoms with Crippen molar-refractivity contribution in [3.8, 4) is 5.75 Å². The van der Waals surface area contributed by atoms with Crippen molar-refractivity contribution in [1.82, 2.24) is 14.8 Å². The number of ether oxygens (including phenoxy) is 1. The molecule has 0 unspecified atom stereocenters. The van der Waals surface area contributed by atoms with Crippen molar-refractivity contribution in [1.29, 1.82) is 0 Å². The maximum Gasteiger partial charge on any atom is 0.251 e. The number of methoxy groups -OCH3 is 1. The molecule has 2 aliphatic rings. The molecule has 1 aromatic heterocycles. The monoisotopic (exact) mass is 478 g/mol. The fraction of sp³-hybridized carbons (Fsp3) is 0.385. The van der Waals surface area contributed by atoms with Crippen molar-refractivity contribution in [2.24, 2.45) is 0 Å². The lowest BCUT2D eigenvalue weighted by molar-refractivity contribution is -0.113. The molecule has 2 aliphatic heterocycles. The van der Waals surface area contributed by atoms with E-state index in [2.05, 4.69) is 33.7 Å². The average molecular weight is 479 g/mol. The number of aromatic nitrogens is 1. The SMILES string of the molecule is COc1ccc2ccc(=O)n(CCN3CCC(NCc4ccc5c(c4)NC(=O)CS5)CC3)c2c1. The largest absolute Gasteiger partial charge is 0.497 e. The topological polar surface area (TPSA) is 75.6 Å². The summed E-state index contributed by atoms with van der Waals surface area (Å²) < 4.78 is 7.21. The van der Waals surface area contributed by atoms with Gasteiger partial charge in [0.05, 0.1) is 24.1 Å².